The highest BCUT2D eigenvalue weighted by atomic mass is 19.3. The first kappa shape index (κ1) is 33.0. The van der Waals surface area contributed by atoms with Gasteiger partial charge in [0.1, 0.15) is 5.82 Å². The van der Waals surface area contributed by atoms with Gasteiger partial charge in [-0.05, 0) is 88.9 Å². The number of anilines is 2. The average molecular weight is 648 g/mol. The van der Waals surface area contributed by atoms with E-state index < -0.39 is 24.3 Å². The molecule has 11 heteroatoms. The van der Waals surface area contributed by atoms with Crippen LogP contribution in [-0.2, 0) is 13.1 Å². The summed E-state index contributed by atoms with van der Waals surface area (Å²) in [6.07, 6.45) is 7.60. The predicted molar refractivity (Wildman–Crippen MR) is 181 cm³/mol. The molecule has 5 heterocycles. The molecule has 2 aliphatic heterocycles. The molecule has 2 N–H and O–H groups in total. The van der Waals surface area contributed by atoms with Crippen LogP contribution in [0.1, 0.15) is 61.7 Å². The van der Waals surface area contributed by atoms with Crippen LogP contribution in [0.25, 0.3) is 10.9 Å². The van der Waals surface area contributed by atoms with Crippen molar-refractivity contribution < 1.29 is 13.2 Å². The van der Waals surface area contributed by atoms with Crippen LogP contribution in [0.2, 0.25) is 0 Å². The van der Waals surface area contributed by atoms with Crippen LogP contribution < -0.4 is 21.0 Å². The Hall–Kier alpha value is -3.96. The van der Waals surface area contributed by atoms with Crippen molar-refractivity contribution in [2.45, 2.75) is 84.1 Å². The molecule has 0 unspecified atom stereocenters. The van der Waals surface area contributed by atoms with Gasteiger partial charge in [-0.15, -0.1) is 0 Å². The minimum Gasteiger partial charge on any atom is -0.369 e. The van der Waals surface area contributed by atoms with Crippen molar-refractivity contribution in [3.05, 3.63) is 93.5 Å². The zero-order valence-corrected chi connectivity index (χ0v) is 27.6. The second-order valence-corrected chi connectivity index (χ2v) is 13.5. The Morgan fingerprint density at radius 3 is 2.53 bits per heavy atom. The Kier molecular flexibility index (Phi) is 9.31. The lowest BCUT2D eigenvalue weighted by Gasteiger charge is -2.40. The maximum Gasteiger partial charge on any atom is 0.280 e. The van der Waals surface area contributed by atoms with Crippen LogP contribution >= 0.6 is 0 Å². The van der Waals surface area contributed by atoms with E-state index in [0.29, 0.717) is 24.2 Å². The number of nitrogens with zero attached hydrogens (tertiary/aromatic N) is 6. The molecule has 1 aromatic carbocycles. The lowest BCUT2D eigenvalue weighted by molar-refractivity contribution is -0.0301. The third-order valence-electron chi connectivity index (χ3n) is 9.62. The maximum absolute atomic E-state index is 15.7. The summed E-state index contributed by atoms with van der Waals surface area (Å²) in [6, 6.07) is 9.80. The van der Waals surface area contributed by atoms with Gasteiger partial charge in [-0.2, -0.15) is 0 Å². The normalized spacial score (nSPS) is 20.0. The molecule has 0 amide bonds. The number of pyridine rings is 3. The van der Waals surface area contributed by atoms with E-state index in [4.69, 9.17) is 5.73 Å². The molecule has 2 aliphatic rings. The first-order valence-electron chi connectivity index (χ1n) is 16.5. The van der Waals surface area contributed by atoms with Gasteiger partial charge in [-0.25, -0.2) is 13.2 Å². The van der Waals surface area contributed by atoms with Gasteiger partial charge in [0.05, 0.1) is 35.7 Å². The van der Waals surface area contributed by atoms with E-state index in [9.17, 15) is 13.6 Å². The number of benzene rings is 1. The molecule has 3 aromatic heterocycles. The lowest BCUT2D eigenvalue weighted by Crippen LogP contribution is -2.55. The van der Waals surface area contributed by atoms with Crippen LogP contribution in [0, 0.1) is 19.7 Å². The number of halogens is 3. The highest BCUT2D eigenvalue weighted by Gasteiger charge is 2.43. The maximum atomic E-state index is 15.7. The smallest absolute Gasteiger partial charge is 0.280 e. The zero-order chi connectivity index (χ0) is 33.5. The monoisotopic (exact) mass is 647 g/mol. The van der Waals surface area contributed by atoms with Crippen molar-refractivity contribution in [1.29, 1.82) is 0 Å². The Bertz CT molecular complexity index is 1790. The van der Waals surface area contributed by atoms with E-state index >= 15 is 4.39 Å². The number of hydrogen-bond donors (Lipinski definition) is 1. The van der Waals surface area contributed by atoms with Gasteiger partial charge in [0, 0.05) is 79.5 Å². The third kappa shape index (κ3) is 7.01. The number of rotatable bonds is 8. The van der Waals surface area contributed by atoms with E-state index in [0.717, 1.165) is 48.6 Å². The minimum atomic E-state index is -3.14. The van der Waals surface area contributed by atoms with Crippen LogP contribution in [0.15, 0.2) is 59.8 Å². The summed E-state index contributed by atoms with van der Waals surface area (Å²) in [4.78, 5) is 29.1. The van der Waals surface area contributed by atoms with E-state index in [1.165, 1.54) is 11.0 Å². The number of aromatic nitrogens is 3. The summed E-state index contributed by atoms with van der Waals surface area (Å²) in [6.45, 7) is 10.2. The van der Waals surface area contributed by atoms with Crippen LogP contribution in [0.4, 0.5) is 24.5 Å². The Balaban J connectivity index is 1.37. The number of aryl methyl sites for hydroxylation is 2. The second-order valence-electron chi connectivity index (χ2n) is 13.5. The number of hydrogen-bond acceptors (Lipinski definition) is 7. The number of piperidine rings is 2. The summed E-state index contributed by atoms with van der Waals surface area (Å²) < 4.78 is 46.7. The van der Waals surface area contributed by atoms with Gasteiger partial charge in [-0.1, -0.05) is 0 Å². The van der Waals surface area contributed by atoms with E-state index in [2.05, 4.69) is 31.9 Å². The largest absolute Gasteiger partial charge is 0.369 e. The van der Waals surface area contributed by atoms with Crippen molar-refractivity contribution in [1.82, 2.24) is 19.4 Å². The first-order valence-corrected chi connectivity index (χ1v) is 16.5. The zero-order valence-electron chi connectivity index (χ0n) is 27.6. The van der Waals surface area contributed by atoms with Crippen molar-refractivity contribution in [3.8, 4) is 0 Å². The highest BCUT2D eigenvalue weighted by molar-refractivity contribution is 5.84. The molecule has 2 atom stereocenters. The summed E-state index contributed by atoms with van der Waals surface area (Å²) in [5, 5.41) is 0.244. The molecule has 0 saturated carbocycles. The quantitative estimate of drug-likeness (QED) is 0.252. The molecule has 0 spiro atoms. The SMILES string of the molecule is Cc1ccc(N2CCC[C@H](N(Cc3ccnc(C)c3)Cc3cn(C(C)C)c4cc(N5CC[C@@H](N)C(F)(F)C5)c(F)cc4c3=O)C2)cn1. The second kappa shape index (κ2) is 13.3. The first-order chi connectivity index (χ1) is 22.4. The molecule has 0 bridgehead atoms. The lowest BCUT2D eigenvalue weighted by atomic mass is 10.00. The Labute approximate surface area is 274 Å². The number of alkyl halides is 2. The van der Waals surface area contributed by atoms with Gasteiger partial charge in [0.25, 0.3) is 5.92 Å². The molecule has 0 radical (unpaired) electrons. The topological polar surface area (TPSA) is 83.5 Å². The van der Waals surface area contributed by atoms with Crippen molar-refractivity contribution in [2.75, 3.05) is 36.0 Å². The molecule has 47 heavy (non-hydrogen) atoms. The molecule has 0 aliphatic carbocycles. The molecule has 8 nitrogen and oxygen atoms in total. The number of fused-ring (bicyclic) bond motifs is 1. The minimum absolute atomic E-state index is 0.0479. The summed E-state index contributed by atoms with van der Waals surface area (Å²) in [5.74, 6) is -3.82. The highest BCUT2D eigenvalue weighted by Crippen LogP contribution is 2.34. The molecule has 2 fully saturated rings. The molecule has 250 valence electrons. The molecule has 2 saturated heterocycles. The molecule has 6 rings (SSSR count). The fourth-order valence-corrected chi connectivity index (χ4v) is 6.96. The predicted octanol–water partition coefficient (Wildman–Crippen LogP) is 5.97. The molecule has 4 aromatic rings. The van der Waals surface area contributed by atoms with Crippen LogP contribution in [-0.4, -0.2) is 63.6 Å². The number of nitrogens with two attached hydrogens (primary N) is 1. The van der Waals surface area contributed by atoms with E-state index in [-0.39, 0.29) is 41.6 Å². The van der Waals surface area contributed by atoms with E-state index in [1.54, 1.807) is 6.07 Å². The Morgan fingerprint density at radius 2 is 1.83 bits per heavy atom. The van der Waals surface area contributed by atoms with Crippen LogP contribution in [0.3, 0.4) is 0 Å². The van der Waals surface area contributed by atoms with Crippen molar-refractivity contribution >= 4 is 22.3 Å². The summed E-state index contributed by atoms with van der Waals surface area (Å²) in [5.41, 5.74) is 10.6. The standard InChI is InChI=1S/C36H44F3N7O/c1-23(2)46-20-27(35(47)30-15-31(37)33(16-32(30)46)44-13-10-34(40)36(38,39)22-44)19-45(18-26-9-11-41-25(4)14-26)29-6-5-12-43(21-29)28-8-7-24(3)42-17-28/h7-9,11,14-17,20,23,29,34H,5-6,10,12-13,18-19,21-22,40H2,1-4H3/t29-,34+/m0/s1. The van der Waals surface area contributed by atoms with Gasteiger partial charge in [-0.3, -0.25) is 19.7 Å². The molecular formula is C36H44F3N7O. The summed E-state index contributed by atoms with van der Waals surface area (Å²) in [7, 11) is 0. The summed E-state index contributed by atoms with van der Waals surface area (Å²) >= 11 is 0. The van der Waals surface area contributed by atoms with Crippen molar-refractivity contribution in [3.63, 3.8) is 0 Å². The van der Waals surface area contributed by atoms with Gasteiger partial charge < -0.3 is 20.1 Å². The van der Waals surface area contributed by atoms with Crippen molar-refractivity contribution in [2.24, 2.45) is 5.73 Å². The molecular weight excluding hydrogens is 603 g/mol. The van der Waals surface area contributed by atoms with Gasteiger partial charge >= 0.3 is 0 Å². The fraction of sp³-hybridized carbons (Fsp3) is 0.472. The third-order valence-corrected chi connectivity index (χ3v) is 9.62. The average Bonchev–Trinajstić information content (AvgIpc) is 3.03. The van der Waals surface area contributed by atoms with E-state index in [1.807, 2.05) is 63.0 Å². The van der Waals surface area contributed by atoms with Gasteiger partial charge in [0.2, 0.25) is 0 Å². The van der Waals surface area contributed by atoms with Gasteiger partial charge in [0.15, 0.2) is 5.43 Å². The Morgan fingerprint density at radius 1 is 1.02 bits per heavy atom. The fourth-order valence-electron chi connectivity index (χ4n) is 6.96. The van der Waals surface area contributed by atoms with Crippen LogP contribution in [0.5, 0.6) is 0 Å².